The molecule has 92 valence electrons. The first-order chi connectivity index (χ1) is 8.10. The zero-order valence-electron chi connectivity index (χ0n) is 9.62. The summed E-state index contributed by atoms with van der Waals surface area (Å²) in [5, 5.41) is 0.506. The minimum absolute atomic E-state index is 0.0226. The molecule has 3 nitrogen and oxygen atoms in total. The Labute approximate surface area is 111 Å². The van der Waals surface area contributed by atoms with Crippen molar-refractivity contribution in [3.8, 4) is 0 Å². The van der Waals surface area contributed by atoms with Crippen molar-refractivity contribution >= 4 is 29.1 Å². The lowest BCUT2D eigenvalue weighted by molar-refractivity contribution is 0.0757. The first-order valence-electron chi connectivity index (χ1n) is 5.72. The molecule has 1 fully saturated rings. The lowest BCUT2D eigenvalue weighted by Gasteiger charge is -2.20. The van der Waals surface area contributed by atoms with Crippen LogP contribution in [0.2, 0.25) is 10.3 Å². The lowest BCUT2D eigenvalue weighted by Crippen LogP contribution is -2.32. The van der Waals surface area contributed by atoms with Gasteiger partial charge in [0.15, 0.2) is 0 Å². The van der Waals surface area contributed by atoms with Gasteiger partial charge in [0.2, 0.25) is 0 Å². The molecule has 0 atom stereocenters. The van der Waals surface area contributed by atoms with Gasteiger partial charge in [0.05, 0.1) is 0 Å². The van der Waals surface area contributed by atoms with Gasteiger partial charge >= 0.3 is 0 Å². The fraction of sp³-hybridized carbons (Fsp3) is 0.500. The Morgan fingerprint density at radius 3 is 2.47 bits per heavy atom. The van der Waals surface area contributed by atoms with Gasteiger partial charge in [-0.1, -0.05) is 23.2 Å². The quantitative estimate of drug-likeness (QED) is 0.789. The number of carbonyl (C=O) groups is 1. The van der Waals surface area contributed by atoms with Gasteiger partial charge in [-0.25, -0.2) is 4.98 Å². The standard InChI is InChI=1S/C12H14Cl2N2O/c1-2-16(7-8-3-4-8)12(17)9-5-10(13)15-11(14)6-9/h5-6,8H,2-4,7H2,1H3. The topological polar surface area (TPSA) is 33.2 Å². The molecule has 17 heavy (non-hydrogen) atoms. The van der Waals surface area contributed by atoms with E-state index in [4.69, 9.17) is 23.2 Å². The molecule has 1 aliphatic rings. The van der Waals surface area contributed by atoms with Crippen LogP contribution in [0.15, 0.2) is 12.1 Å². The fourth-order valence-corrected chi connectivity index (χ4v) is 2.20. The monoisotopic (exact) mass is 272 g/mol. The number of hydrogen-bond donors (Lipinski definition) is 0. The highest BCUT2D eigenvalue weighted by Crippen LogP contribution is 2.30. The molecule has 1 aromatic heterocycles. The highest BCUT2D eigenvalue weighted by atomic mass is 35.5. The number of nitrogens with zero attached hydrogens (tertiary/aromatic N) is 2. The lowest BCUT2D eigenvalue weighted by atomic mass is 10.2. The van der Waals surface area contributed by atoms with Crippen molar-refractivity contribution in [2.45, 2.75) is 19.8 Å². The highest BCUT2D eigenvalue weighted by Gasteiger charge is 2.26. The summed E-state index contributed by atoms with van der Waals surface area (Å²) in [6, 6.07) is 3.12. The Hall–Kier alpha value is -0.800. The molecule has 5 heteroatoms. The van der Waals surface area contributed by atoms with Crippen molar-refractivity contribution < 1.29 is 4.79 Å². The number of amides is 1. The van der Waals surface area contributed by atoms with Gasteiger partial charge in [-0.3, -0.25) is 4.79 Å². The summed E-state index contributed by atoms with van der Waals surface area (Å²) in [5.74, 6) is 0.650. The molecule has 0 aliphatic heterocycles. The van der Waals surface area contributed by atoms with Crippen LogP contribution in [-0.4, -0.2) is 28.9 Å². The molecule has 0 saturated heterocycles. The van der Waals surface area contributed by atoms with Crippen molar-refractivity contribution in [3.05, 3.63) is 28.0 Å². The maximum absolute atomic E-state index is 12.2. The normalized spacial score (nSPS) is 14.8. The summed E-state index contributed by atoms with van der Waals surface area (Å²) >= 11 is 11.6. The highest BCUT2D eigenvalue weighted by molar-refractivity contribution is 6.33. The smallest absolute Gasteiger partial charge is 0.254 e. The predicted octanol–water partition coefficient (Wildman–Crippen LogP) is 3.26. The Bertz CT molecular complexity index is 412. The molecule has 2 rings (SSSR count). The van der Waals surface area contributed by atoms with E-state index in [1.807, 2.05) is 11.8 Å². The molecule has 0 N–H and O–H groups in total. The molecule has 0 bridgehead atoms. The summed E-state index contributed by atoms with van der Waals surface area (Å²) in [7, 11) is 0. The maximum Gasteiger partial charge on any atom is 0.254 e. The van der Waals surface area contributed by atoms with Gasteiger partial charge in [-0.05, 0) is 37.8 Å². The number of aromatic nitrogens is 1. The van der Waals surface area contributed by atoms with E-state index < -0.39 is 0 Å². The average Bonchev–Trinajstić information content (AvgIpc) is 3.07. The fourth-order valence-electron chi connectivity index (χ4n) is 1.74. The van der Waals surface area contributed by atoms with E-state index in [2.05, 4.69) is 4.98 Å². The van der Waals surface area contributed by atoms with Crippen LogP contribution >= 0.6 is 23.2 Å². The Kier molecular flexibility index (Phi) is 3.89. The van der Waals surface area contributed by atoms with Crippen molar-refractivity contribution in [1.29, 1.82) is 0 Å². The van der Waals surface area contributed by atoms with Crippen molar-refractivity contribution in [1.82, 2.24) is 9.88 Å². The number of carbonyl (C=O) groups excluding carboxylic acids is 1. The predicted molar refractivity (Wildman–Crippen MR) is 68.6 cm³/mol. The number of hydrogen-bond acceptors (Lipinski definition) is 2. The van der Waals surface area contributed by atoms with Crippen LogP contribution in [-0.2, 0) is 0 Å². The van der Waals surface area contributed by atoms with Gasteiger partial charge < -0.3 is 4.90 Å². The summed E-state index contributed by atoms with van der Waals surface area (Å²) < 4.78 is 0. The molecule has 1 heterocycles. The largest absolute Gasteiger partial charge is 0.339 e. The Morgan fingerprint density at radius 2 is 2.00 bits per heavy atom. The minimum Gasteiger partial charge on any atom is -0.339 e. The van der Waals surface area contributed by atoms with E-state index in [1.54, 1.807) is 12.1 Å². The Morgan fingerprint density at radius 1 is 1.41 bits per heavy atom. The minimum atomic E-state index is -0.0226. The van der Waals surface area contributed by atoms with Crippen LogP contribution in [0.4, 0.5) is 0 Å². The number of rotatable bonds is 4. The average molecular weight is 273 g/mol. The number of pyridine rings is 1. The second kappa shape index (κ2) is 5.23. The van der Waals surface area contributed by atoms with Gasteiger partial charge in [0, 0.05) is 18.7 Å². The van der Waals surface area contributed by atoms with E-state index >= 15 is 0 Å². The van der Waals surface area contributed by atoms with E-state index in [9.17, 15) is 4.79 Å². The van der Waals surface area contributed by atoms with Crippen LogP contribution in [0.3, 0.4) is 0 Å². The van der Waals surface area contributed by atoms with Gasteiger partial charge in [0.25, 0.3) is 5.91 Å². The van der Waals surface area contributed by atoms with Crippen LogP contribution in [0.25, 0.3) is 0 Å². The molecule has 1 amide bonds. The molecular formula is C12H14Cl2N2O. The van der Waals surface area contributed by atoms with Crippen LogP contribution in [0, 0.1) is 5.92 Å². The summed E-state index contributed by atoms with van der Waals surface area (Å²) in [6.45, 7) is 3.50. The molecule has 0 radical (unpaired) electrons. The SMILES string of the molecule is CCN(CC1CC1)C(=O)c1cc(Cl)nc(Cl)c1. The third-order valence-electron chi connectivity index (χ3n) is 2.85. The van der Waals surface area contributed by atoms with Crippen molar-refractivity contribution in [2.24, 2.45) is 5.92 Å². The van der Waals surface area contributed by atoms with Crippen LogP contribution < -0.4 is 0 Å². The summed E-state index contributed by atoms with van der Waals surface area (Å²) in [6.07, 6.45) is 2.45. The van der Waals surface area contributed by atoms with E-state index in [0.29, 0.717) is 18.0 Å². The number of halogens is 2. The van der Waals surface area contributed by atoms with Crippen molar-refractivity contribution in [2.75, 3.05) is 13.1 Å². The third-order valence-corrected chi connectivity index (χ3v) is 3.24. The molecule has 1 aliphatic carbocycles. The van der Waals surface area contributed by atoms with Crippen LogP contribution in [0.1, 0.15) is 30.1 Å². The molecule has 0 unspecified atom stereocenters. The molecule has 0 spiro atoms. The summed E-state index contributed by atoms with van der Waals surface area (Å²) in [5.41, 5.74) is 0.512. The second-order valence-electron chi connectivity index (χ2n) is 4.29. The maximum atomic E-state index is 12.2. The van der Waals surface area contributed by atoms with E-state index in [0.717, 1.165) is 6.54 Å². The molecule has 1 saturated carbocycles. The second-order valence-corrected chi connectivity index (χ2v) is 5.06. The van der Waals surface area contributed by atoms with Gasteiger partial charge in [-0.2, -0.15) is 0 Å². The third kappa shape index (κ3) is 3.33. The van der Waals surface area contributed by atoms with Gasteiger partial charge in [0.1, 0.15) is 10.3 Å². The van der Waals surface area contributed by atoms with Crippen molar-refractivity contribution in [3.63, 3.8) is 0 Å². The van der Waals surface area contributed by atoms with E-state index in [1.165, 1.54) is 12.8 Å². The molecule has 1 aromatic rings. The first-order valence-corrected chi connectivity index (χ1v) is 6.48. The summed E-state index contributed by atoms with van der Waals surface area (Å²) in [4.78, 5) is 17.9. The zero-order valence-corrected chi connectivity index (χ0v) is 11.1. The molecule has 0 aromatic carbocycles. The first kappa shape index (κ1) is 12.7. The zero-order chi connectivity index (χ0) is 12.4. The van der Waals surface area contributed by atoms with Crippen LogP contribution in [0.5, 0.6) is 0 Å². The molecular weight excluding hydrogens is 259 g/mol. The van der Waals surface area contributed by atoms with E-state index in [-0.39, 0.29) is 16.2 Å². The van der Waals surface area contributed by atoms with Gasteiger partial charge in [-0.15, -0.1) is 0 Å². The Balaban J connectivity index is 2.15.